The number of anilines is 1. The second-order valence-electron chi connectivity index (χ2n) is 6.57. The Hall–Kier alpha value is -2.16. The molecular weight excluding hydrogens is 398 g/mol. The number of fused-ring (bicyclic) bond motifs is 1. The molecule has 28 heavy (non-hydrogen) atoms. The minimum absolute atomic E-state index is 0.118. The molecule has 0 saturated carbocycles. The first-order valence-corrected chi connectivity index (χ1v) is 10.3. The van der Waals surface area contributed by atoms with Gasteiger partial charge in [-0.3, -0.25) is 14.4 Å². The van der Waals surface area contributed by atoms with Gasteiger partial charge in [-0.25, -0.2) is 4.98 Å². The molecule has 0 aliphatic rings. The van der Waals surface area contributed by atoms with Gasteiger partial charge in [0.05, 0.1) is 16.8 Å². The van der Waals surface area contributed by atoms with Gasteiger partial charge in [-0.2, -0.15) is 5.10 Å². The minimum Gasteiger partial charge on any atom is -0.494 e. The van der Waals surface area contributed by atoms with Crippen LogP contribution in [0.1, 0.15) is 23.8 Å². The first-order chi connectivity index (χ1) is 13.5. The Labute approximate surface area is 173 Å². The molecule has 0 spiro atoms. The molecular formula is C19H24ClN5O2S. The molecule has 0 aliphatic carbocycles. The molecule has 7 nitrogen and oxygen atoms in total. The monoisotopic (exact) mass is 421 g/mol. The summed E-state index contributed by atoms with van der Waals surface area (Å²) < 4.78 is 7.93. The van der Waals surface area contributed by atoms with Crippen LogP contribution in [0.5, 0.6) is 5.75 Å². The third-order valence-electron chi connectivity index (χ3n) is 4.37. The van der Waals surface area contributed by atoms with Crippen LogP contribution in [0.2, 0.25) is 5.02 Å². The van der Waals surface area contributed by atoms with Crippen LogP contribution >= 0.6 is 22.9 Å². The maximum absolute atomic E-state index is 13.3. The van der Waals surface area contributed by atoms with Gasteiger partial charge in [0, 0.05) is 19.3 Å². The van der Waals surface area contributed by atoms with E-state index in [4.69, 9.17) is 21.3 Å². The van der Waals surface area contributed by atoms with E-state index in [1.807, 2.05) is 21.0 Å². The fourth-order valence-corrected chi connectivity index (χ4v) is 4.24. The molecule has 2 aromatic heterocycles. The quantitative estimate of drug-likeness (QED) is 0.554. The van der Waals surface area contributed by atoms with Crippen molar-refractivity contribution >= 4 is 44.2 Å². The van der Waals surface area contributed by atoms with Crippen LogP contribution in [0.4, 0.5) is 5.13 Å². The number of benzene rings is 1. The summed E-state index contributed by atoms with van der Waals surface area (Å²) in [6.07, 6.45) is 2.47. The number of hydrogen-bond donors (Lipinski definition) is 0. The van der Waals surface area contributed by atoms with Crippen molar-refractivity contribution in [1.82, 2.24) is 19.7 Å². The molecule has 0 fully saturated rings. The van der Waals surface area contributed by atoms with Crippen LogP contribution in [0, 0.1) is 0 Å². The number of halogens is 1. The predicted octanol–water partition coefficient (Wildman–Crippen LogP) is 3.77. The smallest absolute Gasteiger partial charge is 0.278 e. The lowest BCUT2D eigenvalue weighted by molar-refractivity contribution is 0.0975. The summed E-state index contributed by atoms with van der Waals surface area (Å²) in [6, 6.07) is 5.32. The summed E-state index contributed by atoms with van der Waals surface area (Å²) in [5.41, 5.74) is 1.22. The van der Waals surface area contributed by atoms with Crippen LogP contribution in [0.15, 0.2) is 24.4 Å². The molecule has 3 aromatic rings. The number of ether oxygens (including phenoxy) is 1. The lowest BCUT2D eigenvalue weighted by Crippen LogP contribution is -2.34. The van der Waals surface area contributed by atoms with Gasteiger partial charge in [-0.15, -0.1) is 0 Å². The largest absolute Gasteiger partial charge is 0.494 e. The zero-order valence-corrected chi connectivity index (χ0v) is 18.0. The lowest BCUT2D eigenvalue weighted by Gasteiger charge is -2.21. The fourth-order valence-electron chi connectivity index (χ4n) is 2.96. The van der Waals surface area contributed by atoms with E-state index < -0.39 is 0 Å². The average Bonchev–Trinajstić information content (AvgIpc) is 3.32. The van der Waals surface area contributed by atoms with Crippen LogP contribution in [-0.2, 0) is 6.54 Å². The molecule has 3 rings (SSSR count). The molecule has 0 aliphatic heterocycles. The van der Waals surface area contributed by atoms with Crippen molar-refractivity contribution in [3.8, 4) is 5.75 Å². The third kappa shape index (κ3) is 4.14. The Morgan fingerprint density at radius 1 is 1.29 bits per heavy atom. The number of hydrogen-bond acceptors (Lipinski definition) is 6. The summed E-state index contributed by atoms with van der Waals surface area (Å²) in [5, 5.41) is 5.43. The van der Waals surface area contributed by atoms with Crippen LogP contribution in [-0.4, -0.2) is 59.9 Å². The summed E-state index contributed by atoms with van der Waals surface area (Å²) in [6.45, 7) is 4.00. The van der Waals surface area contributed by atoms with Gasteiger partial charge >= 0.3 is 0 Å². The van der Waals surface area contributed by atoms with E-state index in [0.29, 0.717) is 40.2 Å². The topological polar surface area (TPSA) is 63.5 Å². The standard InChI is InChI=1S/C19H24ClN5O2S/c1-5-25-14(9-10-21-25)18(26)24(12-6-11-23(2)3)19-22-16-15(27-4)8-7-13(20)17(16)28-19/h7-10H,5-6,11-12H2,1-4H3. The Bertz CT molecular complexity index is 969. The van der Waals surface area contributed by atoms with E-state index in [1.165, 1.54) is 11.3 Å². The molecule has 0 N–H and O–H groups in total. The number of rotatable bonds is 8. The second kappa shape index (κ2) is 8.89. The predicted molar refractivity (Wildman–Crippen MR) is 114 cm³/mol. The van der Waals surface area contributed by atoms with E-state index in [1.54, 1.807) is 41.1 Å². The number of amides is 1. The SMILES string of the molecule is CCn1nccc1C(=O)N(CCCN(C)C)c1nc2c(OC)ccc(Cl)c2s1. The van der Waals surface area contributed by atoms with Crippen molar-refractivity contribution in [3.05, 3.63) is 35.1 Å². The first-order valence-electron chi connectivity index (χ1n) is 9.07. The summed E-state index contributed by atoms with van der Waals surface area (Å²) in [7, 11) is 5.63. The van der Waals surface area contributed by atoms with Crippen molar-refractivity contribution in [2.24, 2.45) is 0 Å². The Balaban J connectivity index is 2.02. The fraction of sp³-hybridized carbons (Fsp3) is 0.421. The maximum Gasteiger partial charge on any atom is 0.278 e. The molecule has 0 saturated heterocycles. The highest BCUT2D eigenvalue weighted by Gasteiger charge is 2.25. The van der Waals surface area contributed by atoms with Crippen molar-refractivity contribution in [2.45, 2.75) is 19.9 Å². The molecule has 2 heterocycles. The molecule has 1 amide bonds. The zero-order valence-electron chi connectivity index (χ0n) is 16.5. The molecule has 1 aromatic carbocycles. The number of thiazole rings is 1. The molecule has 0 bridgehead atoms. The average molecular weight is 422 g/mol. The van der Waals surface area contributed by atoms with E-state index in [0.717, 1.165) is 17.7 Å². The van der Waals surface area contributed by atoms with E-state index >= 15 is 0 Å². The highest BCUT2D eigenvalue weighted by molar-refractivity contribution is 7.23. The van der Waals surface area contributed by atoms with Gasteiger partial charge < -0.3 is 9.64 Å². The summed E-state index contributed by atoms with van der Waals surface area (Å²) in [5.74, 6) is 0.522. The van der Waals surface area contributed by atoms with Crippen molar-refractivity contribution in [3.63, 3.8) is 0 Å². The van der Waals surface area contributed by atoms with Crippen LogP contribution < -0.4 is 9.64 Å². The third-order valence-corrected chi connectivity index (χ3v) is 5.90. The molecule has 0 unspecified atom stereocenters. The molecule has 9 heteroatoms. The normalized spacial score (nSPS) is 11.4. The van der Waals surface area contributed by atoms with Gasteiger partial charge in [0.1, 0.15) is 17.0 Å². The Morgan fingerprint density at radius 3 is 2.75 bits per heavy atom. The van der Waals surface area contributed by atoms with Crippen LogP contribution in [0.25, 0.3) is 10.2 Å². The van der Waals surface area contributed by atoms with Gasteiger partial charge in [-0.1, -0.05) is 22.9 Å². The zero-order chi connectivity index (χ0) is 20.3. The van der Waals surface area contributed by atoms with Crippen molar-refractivity contribution in [2.75, 3.05) is 39.2 Å². The van der Waals surface area contributed by atoms with Gasteiger partial charge in [-0.05, 0) is 52.2 Å². The van der Waals surface area contributed by atoms with E-state index in [-0.39, 0.29) is 5.91 Å². The maximum atomic E-state index is 13.3. The Kier molecular flexibility index (Phi) is 6.53. The number of aromatic nitrogens is 3. The van der Waals surface area contributed by atoms with Crippen LogP contribution in [0.3, 0.4) is 0 Å². The highest BCUT2D eigenvalue weighted by Crippen LogP contribution is 2.39. The van der Waals surface area contributed by atoms with E-state index in [2.05, 4.69) is 10.00 Å². The lowest BCUT2D eigenvalue weighted by atomic mass is 10.3. The van der Waals surface area contributed by atoms with Gasteiger partial charge in [0.15, 0.2) is 5.13 Å². The number of nitrogens with zero attached hydrogens (tertiary/aromatic N) is 5. The van der Waals surface area contributed by atoms with Gasteiger partial charge in [0.25, 0.3) is 5.91 Å². The number of aryl methyl sites for hydroxylation is 1. The minimum atomic E-state index is -0.118. The molecule has 150 valence electrons. The van der Waals surface area contributed by atoms with Crippen molar-refractivity contribution < 1.29 is 9.53 Å². The number of methoxy groups -OCH3 is 1. The van der Waals surface area contributed by atoms with Crippen molar-refractivity contribution in [1.29, 1.82) is 0 Å². The van der Waals surface area contributed by atoms with E-state index in [9.17, 15) is 4.79 Å². The molecule has 0 radical (unpaired) electrons. The summed E-state index contributed by atoms with van der Waals surface area (Å²) >= 11 is 7.77. The molecule has 0 atom stereocenters. The second-order valence-corrected chi connectivity index (χ2v) is 7.95. The number of carbonyl (C=O) groups excluding carboxylic acids is 1. The Morgan fingerprint density at radius 2 is 2.07 bits per heavy atom. The van der Waals surface area contributed by atoms with Gasteiger partial charge in [0.2, 0.25) is 0 Å². The number of carbonyl (C=O) groups is 1. The highest BCUT2D eigenvalue weighted by atomic mass is 35.5. The summed E-state index contributed by atoms with van der Waals surface area (Å²) in [4.78, 5) is 21.8. The first kappa shape index (κ1) is 20.6.